The monoisotopic (exact) mass is 308 g/mol. The number of carboxylic acid groups (broad SMARTS) is 1. The largest absolute Gasteiger partial charge is 0.481 e. The number of amides is 1. The zero-order valence-corrected chi connectivity index (χ0v) is 12.8. The molecule has 0 aromatic rings. The maximum absolute atomic E-state index is 11.6. The van der Waals surface area contributed by atoms with Crippen molar-refractivity contribution in [1.82, 2.24) is 10.0 Å². The molecule has 20 heavy (non-hydrogen) atoms. The Bertz CT molecular complexity index is 408. The highest BCUT2D eigenvalue weighted by Crippen LogP contribution is 1.99. The molecule has 0 aliphatic heterocycles. The van der Waals surface area contributed by atoms with E-state index < -0.39 is 22.0 Å². The SMILES string of the molecule is CCCS(=O)(=O)NC(C)C(=O)NCCCCCC(=O)O. The van der Waals surface area contributed by atoms with Crippen LogP contribution in [0, 0.1) is 0 Å². The number of carbonyl (C=O) groups is 2. The number of nitrogens with one attached hydrogen (secondary N) is 2. The van der Waals surface area contributed by atoms with E-state index >= 15 is 0 Å². The van der Waals surface area contributed by atoms with Gasteiger partial charge in [0.25, 0.3) is 0 Å². The fraction of sp³-hybridized carbons (Fsp3) is 0.833. The Morgan fingerprint density at radius 1 is 1.20 bits per heavy atom. The molecule has 0 rings (SSSR count). The fourth-order valence-corrected chi connectivity index (χ4v) is 2.89. The molecule has 0 spiro atoms. The minimum absolute atomic E-state index is 0.000190. The van der Waals surface area contributed by atoms with Crippen LogP contribution >= 0.6 is 0 Å². The normalized spacial score (nSPS) is 12.9. The Labute approximate surface area is 120 Å². The second-order valence-corrected chi connectivity index (χ2v) is 6.53. The Balaban J connectivity index is 3.83. The zero-order valence-electron chi connectivity index (χ0n) is 12.0. The Hall–Kier alpha value is -1.15. The first-order valence-electron chi connectivity index (χ1n) is 6.78. The average Bonchev–Trinajstić information content (AvgIpc) is 2.32. The lowest BCUT2D eigenvalue weighted by Gasteiger charge is -2.14. The lowest BCUT2D eigenvalue weighted by molar-refractivity contribution is -0.137. The first-order chi connectivity index (χ1) is 9.28. The summed E-state index contributed by atoms with van der Waals surface area (Å²) in [6, 6.07) is -0.800. The van der Waals surface area contributed by atoms with Gasteiger partial charge in [-0.1, -0.05) is 13.3 Å². The molecule has 0 radical (unpaired) electrons. The Morgan fingerprint density at radius 3 is 2.40 bits per heavy atom. The van der Waals surface area contributed by atoms with E-state index in [1.807, 2.05) is 0 Å². The summed E-state index contributed by atoms with van der Waals surface area (Å²) in [5, 5.41) is 11.1. The smallest absolute Gasteiger partial charge is 0.303 e. The summed E-state index contributed by atoms with van der Waals surface area (Å²) in [7, 11) is -3.40. The molecule has 0 aliphatic rings. The number of hydrogen-bond acceptors (Lipinski definition) is 4. The van der Waals surface area contributed by atoms with Gasteiger partial charge >= 0.3 is 5.97 Å². The van der Waals surface area contributed by atoms with Crippen molar-refractivity contribution in [2.75, 3.05) is 12.3 Å². The lowest BCUT2D eigenvalue weighted by Crippen LogP contribution is -2.45. The summed E-state index contributed by atoms with van der Waals surface area (Å²) in [4.78, 5) is 21.9. The van der Waals surface area contributed by atoms with Gasteiger partial charge in [-0.05, 0) is 26.2 Å². The van der Waals surface area contributed by atoms with Crippen molar-refractivity contribution in [3.63, 3.8) is 0 Å². The topological polar surface area (TPSA) is 113 Å². The van der Waals surface area contributed by atoms with Crippen molar-refractivity contribution in [2.45, 2.75) is 52.0 Å². The first-order valence-corrected chi connectivity index (χ1v) is 8.43. The summed E-state index contributed by atoms with van der Waals surface area (Å²) in [6.07, 6.45) is 2.58. The average molecular weight is 308 g/mol. The molecule has 8 heteroatoms. The van der Waals surface area contributed by atoms with E-state index in [1.54, 1.807) is 6.92 Å². The molecule has 1 amide bonds. The van der Waals surface area contributed by atoms with Crippen LogP contribution in [0.25, 0.3) is 0 Å². The summed E-state index contributed by atoms with van der Waals surface area (Å²) < 4.78 is 25.3. The number of aliphatic carboxylic acids is 1. The van der Waals surface area contributed by atoms with Gasteiger partial charge < -0.3 is 10.4 Å². The van der Waals surface area contributed by atoms with Crippen molar-refractivity contribution in [1.29, 1.82) is 0 Å². The molecule has 0 heterocycles. The summed E-state index contributed by atoms with van der Waals surface area (Å²) >= 11 is 0. The highest BCUT2D eigenvalue weighted by atomic mass is 32.2. The van der Waals surface area contributed by atoms with E-state index in [0.29, 0.717) is 32.2 Å². The molecule has 7 nitrogen and oxygen atoms in total. The second-order valence-electron chi connectivity index (χ2n) is 4.65. The predicted molar refractivity (Wildman–Crippen MR) is 75.8 cm³/mol. The van der Waals surface area contributed by atoms with Crippen LogP contribution in [-0.4, -0.2) is 43.7 Å². The third kappa shape index (κ3) is 9.74. The maximum atomic E-state index is 11.6. The molecule has 1 unspecified atom stereocenters. The first kappa shape index (κ1) is 18.9. The van der Waals surface area contributed by atoms with E-state index in [1.165, 1.54) is 6.92 Å². The summed E-state index contributed by atoms with van der Waals surface area (Å²) in [6.45, 7) is 3.66. The van der Waals surface area contributed by atoms with Gasteiger partial charge in [-0.3, -0.25) is 9.59 Å². The van der Waals surface area contributed by atoms with Gasteiger partial charge in [-0.2, -0.15) is 0 Å². The third-order valence-electron chi connectivity index (χ3n) is 2.59. The minimum atomic E-state index is -3.40. The number of hydrogen-bond donors (Lipinski definition) is 3. The second kappa shape index (κ2) is 9.71. The molecule has 0 saturated carbocycles. The molecule has 0 aromatic heterocycles. The summed E-state index contributed by atoms with van der Waals surface area (Å²) in [5.74, 6) is -1.20. The highest BCUT2D eigenvalue weighted by molar-refractivity contribution is 7.89. The Morgan fingerprint density at radius 2 is 1.85 bits per heavy atom. The van der Waals surface area contributed by atoms with E-state index in [0.717, 1.165) is 0 Å². The van der Waals surface area contributed by atoms with E-state index in [9.17, 15) is 18.0 Å². The number of carbonyl (C=O) groups excluding carboxylic acids is 1. The van der Waals surface area contributed by atoms with Crippen molar-refractivity contribution >= 4 is 21.9 Å². The van der Waals surface area contributed by atoms with E-state index in [-0.39, 0.29) is 18.1 Å². The predicted octanol–water partition coefficient (Wildman–Crippen LogP) is 0.466. The van der Waals surface area contributed by atoms with E-state index in [2.05, 4.69) is 10.0 Å². The van der Waals surface area contributed by atoms with Crippen molar-refractivity contribution in [3.8, 4) is 0 Å². The maximum Gasteiger partial charge on any atom is 0.303 e. The van der Waals surface area contributed by atoms with Gasteiger partial charge in [0, 0.05) is 13.0 Å². The quantitative estimate of drug-likeness (QED) is 0.480. The Kier molecular flexibility index (Phi) is 9.15. The van der Waals surface area contributed by atoms with Gasteiger partial charge in [0.1, 0.15) is 0 Å². The molecule has 0 bridgehead atoms. The van der Waals surface area contributed by atoms with Crippen LogP contribution in [0.3, 0.4) is 0 Å². The van der Waals surface area contributed by atoms with Crippen LogP contribution in [0.5, 0.6) is 0 Å². The molecular weight excluding hydrogens is 284 g/mol. The standard InChI is InChI=1S/C12H24N2O5S/c1-3-9-20(18,19)14-10(2)12(17)13-8-6-4-5-7-11(15)16/h10,14H,3-9H2,1-2H3,(H,13,17)(H,15,16). The van der Waals surface area contributed by atoms with Gasteiger partial charge in [0.15, 0.2) is 0 Å². The lowest BCUT2D eigenvalue weighted by atomic mass is 10.2. The molecule has 3 N–H and O–H groups in total. The molecular formula is C12H24N2O5S. The third-order valence-corrected chi connectivity index (χ3v) is 4.25. The molecule has 0 saturated heterocycles. The van der Waals surface area contributed by atoms with Crippen LogP contribution in [0.15, 0.2) is 0 Å². The van der Waals surface area contributed by atoms with E-state index in [4.69, 9.17) is 5.11 Å². The fourth-order valence-electron chi connectivity index (χ4n) is 1.59. The number of sulfonamides is 1. The van der Waals surface area contributed by atoms with Crippen LogP contribution in [0.2, 0.25) is 0 Å². The molecule has 0 fully saturated rings. The number of unbranched alkanes of at least 4 members (excludes halogenated alkanes) is 2. The molecule has 0 aromatic carbocycles. The molecule has 0 aliphatic carbocycles. The molecule has 1 atom stereocenters. The van der Waals surface area contributed by atoms with Crippen LogP contribution in [-0.2, 0) is 19.6 Å². The minimum Gasteiger partial charge on any atom is -0.481 e. The van der Waals surface area contributed by atoms with Crippen LogP contribution in [0.4, 0.5) is 0 Å². The van der Waals surface area contributed by atoms with Crippen molar-refractivity contribution in [2.24, 2.45) is 0 Å². The number of rotatable bonds is 11. The van der Waals surface area contributed by atoms with Crippen molar-refractivity contribution < 1.29 is 23.1 Å². The van der Waals surface area contributed by atoms with Gasteiger partial charge in [0.2, 0.25) is 15.9 Å². The van der Waals surface area contributed by atoms with Crippen LogP contribution < -0.4 is 10.0 Å². The summed E-state index contributed by atoms with van der Waals surface area (Å²) in [5.41, 5.74) is 0. The number of carboxylic acids is 1. The van der Waals surface area contributed by atoms with Gasteiger partial charge in [0.05, 0.1) is 11.8 Å². The zero-order chi connectivity index (χ0) is 15.6. The highest BCUT2D eigenvalue weighted by Gasteiger charge is 2.18. The van der Waals surface area contributed by atoms with Crippen LogP contribution in [0.1, 0.15) is 46.0 Å². The van der Waals surface area contributed by atoms with Crippen molar-refractivity contribution in [3.05, 3.63) is 0 Å². The van der Waals surface area contributed by atoms with Gasteiger partial charge in [-0.25, -0.2) is 13.1 Å². The molecule has 118 valence electrons. The van der Waals surface area contributed by atoms with Gasteiger partial charge in [-0.15, -0.1) is 0 Å².